The molecular weight excluding hydrogens is 448 g/mol. The van der Waals surface area contributed by atoms with E-state index in [-0.39, 0.29) is 24.1 Å². The molecule has 2 heterocycles. The third-order valence-corrected chi connectivity index (χ3v) is 6.11. The Hall–Kier alpha value is -4.04. The molecule has 0 saturated carbocycles. The summed E-state index contributed by atoms with van der Waals surface area (Å²) in [5.41, 5.74) is 1.81. The van der Waals surface area contributed by atoms with Crippen molar-refractivity contribution in [1.29, 1.82) is 0 Å². The Balaban J connectivity index is 1.71. The zero-order chi connectivity index (χ0) is 23.8. The minimum absolute atomic E-state index is 0.174. The zero-order valence-corrected chi connectivity index (χ0v) is 19.4. The molecule has 0 fully saturated rings. The van der Waals surface area contributed by atoms with Crippen molar-refractivity contribution in [2.45, 2.75) is 19.1 Å². The van der Waals surface area contributed by atoms with Crippen molar-refractivity contribution in [1.82, 2.24) is 20.2 Å². The lowest BCUT2D eigenvalue weighted by atomic mass is 10.0. The molecule has 0 spiro atoms. The molecule has 34 heavy (non-hydrogen) atoms. The van der Waals surface area contributed by atoms with Crippen LogP contribution in [0.2, 0.25) is 0 Å². The Morgan fingerprint density at radius 1 is 1.03 bits per heavy atom. The second-order valence-electron chi connectivity index (χ2n) is 7.48. The minimum atomic E-state index is -0.883. The van der Waals surface area contributed by atoms with E-state index < -0.39 is 6.04 Å². The van der Waals surface area contributed by atoms with Crippen LogP contribution in [0.4, 0.5) is 0 Å². The lowest BCUT2D eigenvalue weighted by molar-refractivity contribution is -0.126. The second-order valence-corrected chi connectivity index (χ2v) is 8.51. The van der Waals surface area contributed by atoms with Crippen LogP contribution in [0.1, 0.15) is 32.5 Å². The SMILES string of the molecule is COc1ccc([C@H](C(=O)NCc2ccccc2)N(Cc2cccs2)C(=O)c2cnccn2)cc1. The van der Waals surface area contributed by atoms with E-state index >= 15 is 0 Å². The van der Waals surface area contributed by atoms with E-state index in [4.69, 9.17) is 4.74 Å². The first-order valence-corrected chi connectivity index (χ1v) is 11.6. The molecule has 1 N–H and O–H groups in total. The molecule has 1 atom stereocenters. The van der Waals surface area contributed by atoms with Crippen molar-refractivity contribution in [3.05, 3.63) is 112 Å². The van der Waals surface area contributed by atoms with Crippen molar-refractivity contribution in [3.8, 4) is 5.75 Å². The summed E-state index contributed by atoms with van der Waals surface area (Å²) in [7, 11) is 1.58. The number of carbonyl (C=O) groups is 2. The smallest absolute Gasteiger partial charge is 0.275 e. The number of nitrogens with one attached hydrogen (secondary N) is 1. The Morgan fingerprint density at radius 3 is 2.47 bits per heavy atom. The highest BCUT2D eigenvalue weighted by molar-refractivity contribution is 7.09. The molecule has 2 amide bonds. The molecule has 0 bridgehead atoms. The van der Waals surface area contributed by atoms with E-state index in [9.17, 15) is 9.59 Å². The van der Waals surface area contributed by atoms with Gasteiger partial charge in [0.2, 0.25) is 5.91 Å². The average Bonchev–Trinajstić information content (AvgIpc) is 3.41. The number of hydrogen-bond donors (Lipinski definition) is 1. The van der Waals surface area contributed by atoms with Gasteiger partial charge in [0.1, 0.15) is 17.5 Å². The number of methoxy groups -OCH3 is 1. The molecule has 0 aliphatic carbocycles. The number of rotatable bonds is 9. The molecule has 172 valence electrons. The number of hydrogen-bond acceptors (Lipinski definition) is 6. The molecule has 4 aromatic rings. The van der Waals surface area contributed by atoms with Gasteiger partial charge in [0, 0.05) is 23.8 Å². The van der Waals surface area contributed by atoms with E-state index in [0.717, 1.165) is 10.4 Å². The standard InChI is InChI=1S/C26H24N4O3S/c1-33-21-11-9-20(10-12-21)24(25(31)29-16-19-6-3-2-4-7-19)30(18-22-8-5-15-34-22)26(32)23-17-27-13-14-28-23/h2-15,17,24H,16,18H2,1H3,(H,29,31)/t24-/m1/s1. The highest BCUT2D eigenvalue weighted by Gasteiger charge is 2.33. The van der Waals surface area contributed by atoms with Crippen LogP contribution in [-0.2, 0) is 17.9 Å². The van der Waals surface area contributed by atoms with Crippen LogP contribution < -0.4 is 10.1 Å². The van der Waals surface area contributed by atoms with Gasteiger partial charge in [-0.2, -0.15) is 0 Å². The van der Waals surface area contributed by atoms with Crippen LogP contribution >= 0.6 is 11.3 Å². The third kappa shape index (κ3) is 5.65. The fourth-order valence-corrected chi connectivity index (χ4v) is 4.25. The monoisotopic (exact) mass is 472 g/mol. The van der Waals surface area contributed by atoms with E-state index in [1.165, 1.54) is 34.8 Å². The van der Waals surface area contributed by atoms with Crippen LogP contribution in [0, 0.1) is 0 Å². The first-order valence-electron chi connectivity index (χ1n) is 10.7. The van der Waals surface area contributed by atoms with E-state index in [1.807, 2.05) is 47.8 Å². The molecule has 0 aliphatic rings. The first kappa shape index (κ1) is 23.1. The Morgan fingerprint density at radius 2 is 1.82 bits per heavy atom. The van der Waals surface area contributed by atoms with Gasteiger partial charge in [-0.05, 0) is 34.7 Å². The number of thiophene rings is 1. The predicted molar refractivity (Wildman–Crippen MR) is 130 cm³/mol. The minimum Gasteiger partial charge on any atom is -0.497 e. The number of nitrogens with zero attached hydrogens (tertiary/aromatic N) is 3. The fraction of sp³-hybridized carbons (Fsp3) is 0.154. The Labute approximate surface area is 202 Å². The van der Waals surface area contributed by atoms with E-state index in [1.54, 1.807) is 31.4 Å². The first-order chi connectivity index (χ1) is 16.7. The van der Waals surface area contributed by atoms with E-state index in [0.29, 0.717) is 17.9 Å². The van der Waals surface area contributed by atoms with Gasteiger partial charge in [0.15, 0.2) is 0 Å². The van der Waals surface area contributed by atoms with Gasteiger partial charge in [-0.15, -0.1) is 11.3 Å². The molecular formula is C26H24N4O3S. The topological polar surface area (TPSA) is 84.4 Å². The Bertz CT molecular complexity index is 1200. The highest BCUT2D eigenvalue weighted by Crippen LogP contribution is 2.28. The summed E-state index contributed by atoms with van der Waals surface area (Å²) < 4.78 is 5.28. The van der Waals surface area contributed by atoms with Crippen LogP contribution in [0.15, 0.2) is 90.7 Å². The molecule has 4 rings (SSSR count). The largest absolute Gasteiger partial charge is 0.497 e. The summed E-state index contributed by atoms with van der Waals surface area (Å²) >= 11 is 1.52. The van der Waals surface area contributed by atoms with Gasteiger partial charge >= 0.3 is 0 Å². The maximum atomic E-state index is 13.6. The van der Waals surface area contributed by atoms with Gasteiger partial charge in [-0.3, -0.25) is 14.6 Å². The van der Waals surface area contributed by atoms with E-state index in [2.05, 4.69) is 15.3 Å². The van der Waals surface area contributed by atoms with Gasteiger partial charge < -0.3 is 15.0 Å². The Kier molecular flexibility index (Phi) is 7.62. The van der Waals surface area contributed by atoms with Gasteiger partial charge in [0.25, 0.3) is 5.91 Å². The van der Waals surface area contributed by atoms with Gasteiger partial charge in [0.05, 0.1) is 19.9 Å². The molecule has 0 saturated heterocycles. The quantitative estimate of drug-likeness (QED) is 0.394. The maximum Gasteiger partial charge on any atom is 0.275 e. The highest BCUT2D eigenvalue weighted by atomic mass is 32.1. The number of ether oxygens (including phenoxy) is 1. The summed E-state index contributed by atoms with van der Waals surface area (Å²) in [5, 5.41) is 4.94. The summed E-state index contributed by atoms with van der Waals surface area (Å²) in [6, 6.07) is 19.8. The van der Waals surface area contributed by atoms with Crippen LogP contribution in [0.3, 0.4) is 0 Å². The van der Waals surface area contributed by atoms with Crippen molar-refractivity contribution in [2.75, 3.05) is 7.11 Å². The van der Waals surface area contributed by atoms with Crippen LogP contribution in [-0.4, -0.2) is 33.8 Å². The van der Waals surface area contributed by atoms with Crippen molar-refractivity contribution >= 4 is 23.2 Å². The molecule has 0 radical (unpaired) electrons. The lowest BCUT2D eigenvalue weighted by Gasteiger charge is -2.31. The lowest BCUT2D eigenvalue weighted by Crippen LogP contribution is -2.43. The fourth-order valence-electron chi connectivity index (χ4n) is 3.55. The van der Waals surface area contributed by atoms with Gasteiger partial charge in [-0.25, -0.2) is 4.98 Å². The molecule has 8 heteroatoms. The predicted octanol–water partition coefficient (Wildman–Crippen LogP) is 4.25. The van der Waals surface area contributed by atoms with Crippen molar-refractivity contribution in [3.63, 3.8) is 0 Å². The molecule has 2 aromatic heterocycles. The maximum absolute atomic E-state index is 13.6. The summed E-state index contributed by atoms with van der Waals surface area (Å²) in [6.45, 7) is 0.598. The molecule has 7 nitrogen and oxygen atoms in total. The number of carbonyl (C=O) groups excluding carboxylic acids is 2. The van der Waals surface area contributed by atoms with Crippen molar-refractivity contribution < 1.29 is 14.3 Å². The molecule has 2 aromatic carbocycles. The normalized spacial score (nSPS) is 11.4. The average molecular weight is 473 g/mol. The molecule has 0 aliphatic heterocycles. The second kappa shape index (κ2) is 11.2. The summed E-state index contributed by atoms with van der Waals surface area (Å²) in [6.07, 6.45) is 4.39. The van der Waals surface area contributed by atoms with Crippen LogP contribution in [0.5, 0.6) is 5.75 Å². The third-order valence-electron chi connectivity index (χ3n) is 5.25. The number of aromatic nitrogens is 2. The summed E-state index contributed by atoms with van der Waals surface area (Å²) in [5.74, 6) is -0.00255. The summed E-state index contributed by atoms with van der Waals surface area (Å²) in [4.78, 5) is 37.9. The van der Waals surface area contributed by atoms with Crippen molar-refractivity contribution in [2.24, 2.45) is 0 Å². The van der Waals surface area contributed by atoms with Crippen LogP contribution in [0.25, 0.3) is 0 Å². The number of amides is 2. The number of benzene rings is 2. The molecule has 0 unspecified atom stereocenters. The van der Waals surface area contributed by atoms with Gasteiger partial charge in [-0.1, -0.05) is 48.5 Å². The zero-order valence-electron chi connectivity index (χ0n) is 18.6.